The summed E-state index contributed by atoms with van der Waals surface area (Å²) in [5.41, 5.74) is -2.50. The lowest BCUT2D eigenvalue weighted by molar-refractivity contribution is 0.0354. The van der Waals surface area contributed by atoms with Crippen LogP contribution in [-0.2, 0) is 30.6 Å². The number of carbonyl (C=O) groups excluding carboxylic acids is 1. The van der Waals surface area contributed by atoms with E-state index in [1.54, 1.807) is 71.6 Å². The van der Waals surface area contributed by atoms with Crippen molar-refractivity contribution in [3.63, 3.8) is 0 Å². The zero-order chi connectivity index (χ0) is 36.1. The third kappa shape index (κ3) is 8.07. The highest BCUT2D eigenvalue weighted by atomic mass is 79.9. The van der Waals surface area contributed by atoms with Gasteiger partial charge in [0.2, 0.25) is 0 Å². The molecule has 0 N–H and O–H groups in total. The summed E-state index contributed by atoms with van der Waals surface area (Å²) in [5, 5.41) is 0.605. The number of carbonyl (C=O) groups is 1. The maximum Gasteiger partial charge on any atom is 0.404 e. The highest BCUT2D eigenvalue weighted by Gasteiger charge is 2.55. The summed E-state index contributed by atoms with van der Waals surface area (Å²) >= 11 is 15.8. The third-order valence-electron chi connectivity index (χ3n) is 7.22. The van der Waals surface area contributed by atoms with Gasteiger partial charge in [-0.3, -0.25) is 9.46 Å². The van der Waals surface area contributed by atoms with Crippen LogP contribution in [0.3, 0.4) is 0 Å². The molecule has 1 heterocycles. The molecule has 9 nitrogen and oxygen atoms in total. The molecule has 0 aliphatic heterocycles. The van der Waals surface area contributed by atoms with Crippen LogP contribution >= 0.6 is 46.7 Å². The van der Waals surface area contributed by atoms with E-state index in [0.717, 1.165) is 0 Å². The van der Waals surface area contributed by atoms with E-state index in [0.29, 0.717) is 39.1 Å². The second kappa shape index (κ2) is 16.1. The number of rotatable bonds is 14. The zero-order valence-electron chi connectivity index (χ0n) is 26.9. The Morgan fingerprint density at radius 2 is 1.70 bits per heavy atom. The van der Waals surface area contributed by atoms with E-state index in [1.165, 1.54) is 45.4 Å². The first kappa shape index (κ1) is 37.5. The molecule has 0 bridgehead atoms. The molecule has 0 fully saturated rings. The van der Waals surface area contributed by atoms with Crippen LogP contribution in [0.4, 0.5) is 20.5 Å². The quantitative estimate of drug-likeness (QED) is 0.0801. The van der Waals surface area contributed by atoms with E-state index in [1.807, 2.05) is 0 Å². The van der Waals surface area contributed by atoms with E-state index in [4.69, 9.17) is 46.1 Å². The third-order valence-corrected chi connectivity index (χ3v) is 10.7. The average molecular weight is 810 g/mol. The van der Waals surface area contributed by atoms with Gasteiger partial charge in [-0.15, -0.1) is 0 Å². The minimum absolute atomic E-state index is 0.00704. The highest BCUT2D eigenvalue weighted by Crippen LogP contribution is 2.67. The Bertz CT molecular complexity index is 2040. The second-order valence-electron chi connectivity index (χ2n) is 10.5. The molecule has 4 aromatic carbocycles. The van der Waals surface area contributed by atoms with Gasteiger partial charge in [0.1, 0.15) is 17.1 Å². The van der Waals surface area contributed by atoms with Crippen LogP contribution < -0.4 is 9.64 Å². The van der Waals surface area contributed by atoms with E-state index < -0.39 is 24.8 Å². The van der Waals surface area contributed by atoms with E-state index in [9.17, 15) is 9.36 Å². The first-order valence-electron chi connectivity index (χ1n) is 15.1. The first-order chi connectivity index (χ1) is 23.9. The lowest BCUT2D eigenvalue weighted by atomic mass is 10.1. The largest absolute Gasteiger partial charge is 0.465 e. The normalized spacial score (nSPS) is 11.8. The standard InChI is InChI=1S/C35H30BrCl2F2N2O7P/c1-4-46-50(44,47-5-2)35(39,40)27-15-13-22(17-28(27)36)21-42(24-14-16-29(37)30(38)19-24)34-41-20-32(49-34)23-9-8-10-25(18-23)48-31-12-7-6-11-26(31)33(43)45-3/h6-20H,4-5,21H2,1-3H3. The lowest BCUT2D eigenvalue weighted by Crippen LogP contribution is -2.20. The van der Waals surface area contributed by atoms with Crippen molar-refractivity contribution in [2.75, 3.05) is 25.2 Å². The molecule has 0 amide bonds. The van der Waals surface area contributed by atoms with Crippen LogP contribution in [0.1, 0.15) is 35.3 Å². The Hall–Kier alpha value is -3.77. The number of methoxy groups -OCH3 is 1. The Kier molecular flexibility index (Phi) is 12.0. The molecule has 262 valence electrons. The molecule has 1 aromatic heterocycles. The minimum Gasteiger partial charge on any atom is -0.465 e. The van der Waals surface area contributed by atoms with Crippen molar-refractivity contribution < 1.29 is 41.1 Å². The van der Waals surface area contributed by atoms with Gasteiger partial charge in [-0.05, 0) is 67.9 Å². The number of hydrogen-bond donors (Lipinski definition) is 0. The van der Waals surface area contributed by atoms with Crippen LogP contribution in [-0.4, -0.2) is 31.3 Å². The number of hydrogen-bond acceptors (Lipinski definition) is 9. The van der Waals surface area contributed by atoms with Gasteiger partial charge >= 0.3 is 25.2 Å². The number of halogens is 5. The molecule has 15 heteroatoms. The molecule has 0 aliphatic carbocycles. The fourth-order valence-electron chi connectivity index (χ4n) is 4.89. The Morgan fingerprint density at radius 1 is 0.960 bits per heavy atom. The fourth-order valence-corrected chi connectivity index (χ4v) is 7.58. The van der Waals surface area contributed by atoms with Crippen molar-refractivity contribution in [1.29, 1.82) is 0 Å². The lowest BCUT2D eigenvalue weighted by Gasteiger charge is -2.27. The summed E-state index contributed by atoms with van der Waals surface area (Å²) in [6, 6.07) is 22.9. The van der Waals surface area contributed by atoms with Gasteiger partial charge in [0.15, 0.2) is 5.76 Å². The molecule has 0 atom stereocenters. The summed E-state index contributed by atoms with van der Waals surface area (Å²) in [6.45, 7) is 2.57. The van der Waals surface area contributed by atoms with Crippen LogP contribution in [0, 0.1) is 0 Å². The van der Waals surface area contributed by atoms with Crippen molar-refractivity contribution in [2.45, 2.75) is 26.1 Å². The van der Waals surface area contributed by atoms with Gasteiger partial charge in [-0.25, -0.2) is 9.78 Å². The maximum atomic E-state index is 15.6. The van der Waals surface area contributed by atoms with Gasteiger partial charge in [0.05, 0.1) is 43.1 Å². The van der Waals surface area contributed by atoms with Gasteiger partial charge in [0, 0.05) is 21.3 Å². The molecule has 0 saturated carbocycles. The number of ether oxygens (including phenoxy) is 2. The van der Waals surface area contributed by atoms with Gasteiger partial charge in [-0.2, -0.15) is 8.78 Å². The summed E-state index contributed by atoms with van der Waals surface area (Å²) in [5.74, 6) is 0.591. The van der Waals surface area contributed by atoms with Crippen LogP contribution in [0.25, 0.3) is 11.3 Å². The Labute approximate surface area is 305 Å². The average Bonchev–Trinajstić information content (AvgIpc) is 3.59. The molecule has 5 aromatic rings. The monoisotopic (exact) mass is 808 g/mol. The van der Waals surface area contributed by atoms with Crippen LogP contribution in [0.15, 0.2) is 100 Å². The topological polar surface area (TPSA) is 100 Å². The Balaban J connectivity index is 1.47. The predicted molar refractivity (Wildman–Crippen MR) is 191 cm³/mol. The summed E-state index contributed by atoms with van der Waals surface area (Å²) in [4.78, 5) is 18.4. The summed E-state index contributed by atoms with van der Waals surface area (Å²) < 4.78 is 71.3. The molecule has 0 saturated heterocycles. The van der Waals surface area contributed by atoms with Crippen LogP contribution in [0.2, 0.25) is 10.0 Å². The fraction of sp³-hybridized carbons (Fsp3) is 0.200. The number of alkyl halides is 2. The number of esters is 1. The minimum atomic E-state index is -4.83. The van der Waals surface area contributed by atoms with Crippen molar-refractivity contribution in [2.24, 2.45) is 0 Å². The molecule has 0 aliphatic rings. The van der Waals surface area contributed by atoms with E-state index in [2.05, 4.69) is 20.9 Å². The summed E-state index contributed by atoms with van der Waals surface area (Å²) in [7, 11) is -3.54. The van der Waals surface area contributed by atoms with E-state index in [-0.39, 0.29) is 40.8 Å². The molecule has 0 spiro atoms. The van der Waals surface area contributed by atoms with Crippen molar-refractivity contribution in [3.8, 4) is 22.8 Å². The van der Waals surface area contributed by atoms with Crippen molar-refractivity contribution in [1.82, 2.24) is 4.98 Å². The molecule has 0 unspecified atom stereocenters. The number of oxazole rings is 1. The maximum absolute atomic E-state index is 15.6. The summed E-state index contributed by atoms with van der Waals surface area (Å²) in [6.07, 6.45) is 1.53. The number of anilines is 2. The van der Waals surface area contributed by atoms with Crippen LogP contribution in [0.5, 0.6) is 11.5 Å². The molecule has 50 heavy (non-hydrogen) atoms. The number of para-hydroxylation sites is 1. The van der Waals surface area contributed by atoms with Gasteiger partial charge < -0.3 is 22.9 Å². The highest BCUT2D eigenvalue weighted by molar-refractivity contribution is 9.10. The SMILES string of the molecule is CCOP(=O)(OCC)C(F)(F)c1ccc(CN(c2ccc(Cl)c(Cl)c2)c2ncc(-c3cccc(Oc4ccccc4C(=O)OC)c3)o2)cc1Br. The first-order valence-corrected chi connectivity index (χ1v) is 18.2. The number of aromatic nitrogens is 1. The zero-order valence-corrected chi connectivity index (χ0v) is 30.9. The van der Waals surface area contributed by atoms with Gasteiger partial charge in [0.25, 0.3) is 0 Å². The Morgan fingerprint density at radius 3 is 2.38 bits per heavy atom. The van der Waals surface area contributed by atoms with Crippen molar-refractivity contribution in [3.05, 3.63) is 122 Å². The van der Waals surface area contributed by atoms with Crippen molar-refractivity contribution >= 4 is 64.4 Å². The molecular formula is C35H30BrCl2F2N2O7P. The van der Waals surface area contributed by atoms with E-state index >= 15 is 8.78 Å². The second-order valence-corrected chi connectivity index (χ2v) is 14.2. The molecular weight excluding hydrogens is 780 g/mol. The number of benzene rings is 4. The molecule has 5 rings (SSSR count). The van der Waals surface area contributed by atoms with Gasteiger partial charge in [-0.1, -0.05) is 75.5 Å². The number of nitrogens with zero attached hydrogens (tertiary/aromatic N) is 2. The smallest absolute Gasteiger partial charge is 0.404 e. The molecule has 0 radical (unpaired) electrons. The predicted octanol–water partition coefficient (Wildman–Crippen LogP) is 11.6.